The Bertz CT molecular complexity index is 1710. The van der Waals surface area contributed by atoms with Gasteiger partial charge in [0, 0.05) is 38.5 Å². The molecule has 0 atom stereocenters. The SMILES string of the molecule is CCN1c2ncc(CCOc3ccc(-c4ccc(CC(=O)O)cc4[N+](=O)[O-])cc3C)cc2C(=O)N(C)c2cccnc21. The van der Waals surface area contributed by atoms with Gasteiger partial charge < -0.3 is 19.6 Å². The Morgan fingerprint density at radius 2 is 1.86 bits per heavy atom. The minimum Gasteiger partial charge on any atom is -0.493 e. The number of ether oxygens (including phenoxy) is 1. The molecule has 0 unspecified atom stereocenters. The van der Waals surface area contributed by atoms with Gasteiger partial charge in [-0.15, -0.1) is 0 Å². The number of carboxylic acid groups (broad SMARTS) is 1. The number of anilines is 3. The van der Waals surface area contributed by atoms with Gasteiger partial charge >= 0.3 is 5.97 Å². The number of rotatable bonds is 9. The first-order valence-corrected chi connectivity index (χ1v) is 13.4. The smallest absolute Gasteiger partial charge is 0.307 e. The highest BCUT2D eigenvalue weighted by Gasteiger charge is 2.30. The summed E-state index contributed by atoms with van der Waals surface area (Å²) in [6.45, 7) is 4.77. The van der Waals surface area contributed by atoms with Crippen molar-refractivity contribution in [3.05, 3.63) is 99.4 Å². The van der Waals surface area contributed by atoms with Gasteiger partial charge in [-0.1, -0.05) is 12.1 Å². The van der Waals surface area contributed by atoms with Crippen LogP contribution in [0.3, 0.4) is 0 Å². The zero-order chi connectivity index (χ0) is 30.0. The monoisotopic (exact) mass is 567 g/mol. The van der Waals surface area contributed by atoms with Crippen LogP contribution in [-0.4, -0.2) is 52.1 Å². The second-order valence-electron chi connectivity index (χ2n) is 9.93. The van der Waals surface area contributed by atoms with Crippen molar-refractivity contribution >= 4 is 34.9 Å². The second-order valence-corrected chi connectivity index (χ2v) is 9.93. The summed E-state index contributed by atoms with van der Waals surface area (Å²) in [6.07, 6.45) is 3.66. The highest BCUT2D eigenvalue weighted by Crippen LogP contribution is 2.38. The largest absolute Gasteiger partial charge is 0.493 e. The van der Waals surface area contributed by atoms with Crippen molar-refractivity contribution in [1.82, 2.24) is 9.97 Å². The molecule has 11 nitrogen and oxygen atoms in total. The van der Waals surface area contributed by atoms with E-state index in [9.17, 15) is 19.7 Å². The van der Waals surface area contributed by atoms with Crippen LogP contribution < -0.4 is 14.5 Å². The number of pyridine rings is 2. The molecule has 1 N–H and O–H groups in total. The Morgan fingerprint density at radius 1 is 1.05 bits per heavy atom. The van der Waals surface area contributed by atoms with Crippen molar-refractivity contribution in [3.63, 3.8) is 0 Å². The van der Waals surface area contributed by atoms with E-state index >= 15 is 0 Å². The summed E-state index contributed by atoms with van der Waals surface area (Å²) in [4.78, 5) is 48.3. The molecule has 11 heteroatoms. The topological polar surface area (TPSA) is 139 Å². The van der Waals surface area contributed by atoms with Crippen LogP contribution in [0.15, 0.2) is 67.0 Å². The van der Waals surface area contributed by atoms with Crippen molar-refractivity contribution in [3.8, 4) is 16.9 Å². The van der Waals surface area contributed by atoms with E-state index in [2.05, 4.69) is 9.97 Å². The lowest BCUT2D eigenvalue weighted by atomic mass is 9.99. The predicted molar refractivity (Wildman–Crippen MR) is 158 cm³/mol. The number of carbonyl (C=O) groups excluding carboxylic acids is 1. The normalized spacial score (nSPS) is 12.4. The molecular formula is C31H29N5O6. The van der Waals surface area contributed by atoms with Gasteiger partial charge in [0.05, 0.1) is 34.8 Å². The van der Waals surface area contributed by atoms with Crippen LogP contribution in [0.25, 0.3) is 11.1 Å². The number of nitrogens with zero attached hydrogens (tertiary/aromatic N) is 5. The molecule has 0 saturated carbocycles. The molecule has 4 aromatic rings. The molecule has 2 aromatic carbocycles. The van der Waals surface area contributed by atoms with Gasteiger partial charge in [0.25, 0.3) is 11.6 Å². The standard InChI is InChI=1S/C31H29N5O6/c1-4-35-29-24(31(39)34(3)25-6-5-12-32-30(25)35)15-21(18-33-29)11-13-42-27-10-8-22(14-19(27)2)23-9-7-20(17-28(37)38)16-26(23)36(40)41/h5-10,12,14-16,18H,4,11,13,17H2,1-3H3,(H,37,38). The van der Waals surface area contributed by atoms with Gasteiger partial charge in [0.15, 0.2) is 5.82 Å². The van der Waals surface area contributed by atoms with E-state index in [4.69, 9.17) is 9.84 Å². The summed E-state index contributed by atoms with van der Waals surface area (Å²) < 4.78 is 6.04. The molecule has 0 saturated heterocycles. The van der Waals surface area contributed by atoms with Gasteiger partial charge in [-0.3, -0.25) is 19.7 Å². The quantitative estimate of drug-likeness (QED) is 0.209. The van der Waals surface area contributed by atoms with Crippen LogP contribution in [0, 0.1) is 17.0 Å². The number of aliphatic carboxylic acids is 1. The van der Waals surface area contributed by atoms with Gasteiger partial charge in [0.2, 0.25) is 0 Å². The number of carboxylic acids is 1. The average Bonchev–Trinajstić information content (AvgIpc) is 3.06. The lowest BCUT2D eigenvalue weighted by molar-refractivity contribution is -0.384. The molecule has 42 heavy (non-hydrogen) atoms. The van der Waals surface area contributed by atoms with Crippen LogP contribution in [0.2, 0.25) is 0 Å². The van der Waals surface area contributed by atoms with Crippen molar-refractivity contribution in [2.24, 2.45) is 0 Å². The van der Waals surface area contributed by atoms with Gasteiger partial charge in [-0.05, 0) is 72.5 Å². The summed E-state index contributed by atoms with van der Waals surface area (Å²) in [6, 6.07) is 15.3. The molecule has 3 heterocycles. The van der Waals surface area contributed by atoms with Crippen LogP contribution in [0.4, 0.5) is 23.0 Å². The fourth-order valence-corrected chi connectivity index (χ4v) is 5.07. The lowest BCUT2D eigenvalue weighted by Gasteiger charge is -2.22. The average molecular weight is 568 g/mol. The Morgan fingerprint density at radius 3 is 2.57 bits per heavy atom. The zero-order valence-corrected chi connectivity index (χ0v) is 23.4. The van der Waals surface area contributed by atoms with Crippen LogP contribution in [0.1, 0.15) is 34.0 Å². The number of fused-ring (bicyclic) bond motifs is 2. The third kappa shape index (κ3) is 5.49. The van der Waals surface area contributed by atoms with E-state index < -0.39 is 10.9 Å². The maximum Gasteiger partial charge on any atom is 0.307 e. The maximum absolute atomic E-state index is 13.4. The summed E-state index contributed by atoms with van der Waals surface area (Å²) in [5, 5.41) is 20.7. The Kier molecular flexibility index (Phi) is 7.83. The van der Waals surface area contributed by atoms with E-state index in [1.807, 2.05) is 30.9 Å². The number of carbonyl (C=O) groups is 2. The summed E-state index contributed by atoms with van der Waals surface area (Å²) in [5.74, 6) is 0.649. The molecule has 2 aromatic heterocycles. The highest BCUT2D eigenvalue weighted by atomic mass is 16.6. The minimum atomic E-state index is -1.05. The Hall–Kier alpha value is -5.32. The number of aromatic nitrogens is 2. The third-order valence-corrected chi connectivity index (χ3v) is 7.16. The first kappa shape index (κ1) is 28.2. The van der Waals surface area contributed by atoms with Crippen LogP contribution >= 0.6 is 0 Å². The number of hydrogen-bond donors (Lipinski definition) is 1. The number of aryl methyl sites for hydroxylation is 1. The summed E-state index contributed by atoms with van der Waals surface area (Å²) in [7, 11) is 1.73. The van der Waals surface area contributed by atoms with Gasteiger partial charge in [0.1, 0.15) is 11.6 Å². The molecule has 1 aliphatic heterocycles. The van der Waals surface area contributed by atoms with Crippen molar-refractivity contribution in [2.45, 2.75) is 26.7 Å². The molecule has 0 radical (unpaired) electrons. The van der Waals surface area contributed by atoms with Crippen LogP contribution in [-0.2, 0) is 17.6 Å². The summed E-state index contributed by atoms with van der Waals surface area (Å²) in [5.41, 5.74) is 4.07. The Labute approximate surface area is 242 Å². The zero-order valence-electron chi connectivity index (χ0n) is 23.4. The van der Waals surface area contributed by atoms with E-state index in [0.29, 0.717) is 64.9 Å². The van der Waals surface area contributed by atoms with Crippen LogP contribution in [0.5, 0.6) is 5.75 Å². The molecule has 5 rings (SSSR count). The van der Waals surface area contributed by atoms with E-state index in [0.717, 1.165) is 11.1 Å². The first-order chi connectivity index (χ1) is 20.2. The molecule has 0 bridgehead atoms. The second kappa shape index (κ2) is 11.7. The summed E-state index contributed by atoms with van der Waals surface area (Å²) >= 11 is 0. The van der Waals surface area contributed by atoms with E-state index in [1.54, 1.807) is 60.7 Å². The number of nitro benzene ring substituents is 1. The number of amides is 1. The number of benzene rings is 2. The molecular weight excluding hydrogens is 538 g/mol. The molecule has 214 valence electrons. The molecule has 0 spiro atoms. The molecule has 1 aliphatic rings. The van der Waals surface area contributed by atoms with E-state index in [1.165, 1.54) is 6.07 Å². The fraction of sp³-hybridized carbons (Fsp3) is 0.226. The van der Waals surface area contributed by atoms with E-state index in [-0.39, 0.29) is 18.0 Å². The molecule has 0 fully saturated rings. The first-order valence-electron chi connectivity index (χ1n) is 13.4. The molecule has 0 aliphatic carbocycles. The number of nitro groups is 1. The third-order valence-electron chi connectivity index (χ3n) is 7.16. The Balaban J connectivity index is 1.32. The maximum atomic E-state index is 13.4. The highest BCUT2D eigenvalue weighted by molar-refractivity contribution is 6.12. The predicted octanol–water partition coefficient (Wildman–Crippen LogP) is 5.36. The van der Waals surface area contributed by atoms with Crippen molar-refractivity contribution in [1.29, 1.82) is 0 Å². The number of hydrogen-bond acceptors (Lipinski definition) is 8. The lowest BCUT2D eigenvalue weighted by Crippen LogP contribution is -2.25. The minimum absolute atomic E-state index is 0.154. The van der Waals surface area contributed by atoms with Gasteiger partial charge in [-0.25, -0.2) is 9.97 Å². The molecule has 1 amide bonds. The van der Waals surface area contributed by atoms with Crippen molar-refractivity contribution < 1.29 is 24.4 Å². The fourth-order valence-electron chi connectivity index (χ4n) is 5.07. The van der Waals surface area contributed by atoms with Crippen molar-refractivity contribution in [2.75, 3.05) is 30.0 Å². The van der Waals surface area contributed by atoms with Gasteiger partial charge in [-0.2, -0.15) is 0 Å².